The number of benzene rings is 1. The van der Waals surface area contributed by atoms with Crippen molar-refractivity contribution >= 4 is 23.6 Å². The molecule has 0 aliphatic rings. The maximum absolute atomic E-state index is 11.7. The van der Waals surface area contributed by atoms with Crippen LogP contribution in [-0.2, 0) is 27.3 Å². The Balaban J connectivity index is 1.82. The first-order valence-corrected chi connectivity index (χ1v) is 6.56. The number of rotatable bonds is 5. The van der Waals surface area contributed by atoms with Crippen molar-refractivity contribution in [2.24, 2.45) is 0 Å². The van der Waals surface area contributed by atoms with E-state index in [4.69, 9.17) is 0 Å². The average Bonchev–Trinajstić information content (AvgIpc) is 2.94. The number of nitrogens with zero attached hydrogens (tertiary/aromatic N) is 4. The zero-order valence-corrected chi connectivity index (χ0v) is 12.2. The molecule has 0 saturated carbocycles. The number of aromatic nitrogens is 4. The van der Waals surface area contributed by atoms with Crippen molar-refractivity contribution in [3.63, 3.8) is 0 Å². The molecule has 3 amide bonds. The number of hydrogen-bond donors (Lipinski definition) is 2. The number of para-hydroxylation sites is 1. The van der Waals surface area contributed by atoms with Crippen LogP contribution in [0, 0.1) is 0 Å². The summed E-state index contributed by atoms with van der Waals surface area (Å²) in [7, 11) is 1.24. The number of nitrogens with one attached hydrogen (secondary N) is 2. The molecule has 2 rings (SSSR count). The van der Waals surface area contributed by atoms with Crippen LogP contribution in [0.3, 0.4) is 0 Å². The average molecular weight is 318 g/mol. The van der Waals surface area contributed by atoms with Crippen LogP contribution in [0.4, 0.5) is 10.5 Å². The van der Waals surface area contributed by atoms with Crippen molar-refractivity contribution in [3.05, 3.63) is 36.2 Å². The number of esters is 1. The monoisotopic (exact) mass is 318 g/mol. The molecule has 0 radical (unpaired) electrons. The van der Waals surface area contributed by atoms with E-state index in [0.29, 0.717) is 5.69 Å². The summed E-state index contributed by atoms with van der Waals surface area (Å²) in [4.78, 5) is 35.4. The molecule has 23 heavy (non-hydrogen) atoms. The van der Waals surface area contributed by atoms with Gasteiger partial charge in [-0.2, -0.15) is 4.80 Å². The number of carbonyl (C=O) groups is 3. The van der Waals surface area contributed by atoms with Gasteiger partial charge in [-0.15, -0.1) is 10.2 Å². The molecule has 120 valence electrons. The molecule has 1 aromatic carbocycles. The topological polar surface area (TPSA) is 128 Å². The molecule has 0 atom stereocenters. The third-order valence-electron chi connectivity index (χ3n) is 2.59. The lowest BCUT2D eigenvalue weighted by Crippen LogP contribution is -2.37. The van der Waals surface area contributed by atoms with E-state index in [1.165, 1.54) is 7.11 Å². The van der Waals surface area contributed by atoms with Crippen molar-refractivity contribution in [1.29, 1.82) is 0 Å². The van der Waals surface area contributed by atoms with Crippen LogP contribution in [0.2, 0.25) is 0 Å². The maximum Gasteiger partial charge on any atom is 0.325 e. The molecule has 1 aromatic heterocycles. The molecule has 0 saturated heterocycles. The summed E-state index contributed by atoms with van der Waals surface area (Å²) in [6, 6.07) is 8.00. The Bertz CT molecular complexity index is 700. The quantitative estimate of drug-likeness (QED) is 0.726. The van der Waals surface area contributed by atoms with E-state index >= 15 is 0 Å². The molecule has 0 aliphatic carbocycles. The van der Waals surface area contributed by atoms with Gasteiger partial charge in [-0.05, 0) is 17.3 Å². The first-order chi connectivity index (χ1) is 11.1. The summed E-state index contributed by atoms with van der Waals surface area (Å²) in [5.74, 6) is -1.02. The second kappa shape index (κ2) is 7.64. The van der Waals surface area contributed by atoms with Crippen LogP contribution in [-0.4, -0.2) is 45.2 Å². The largest absolute Gasteiger partial charge is 0.469 e. The normalized spacial score (nSPS) is 9.96. The number of anilines is 1. The zero-order valence-electron chi connectivity index (χ0n) is 12.2. The van der Waals surface area contributed by atoms with Crippen LogP contribution >= 0.6 is 0 Å². The summed E-state index contributed by atoms with van der Waals surface area (Å²) >= 11 is 0. The molecule has 0 aliphatic heterocycles. The van der Waals surface area contributed by atoms with Gasteiger partial charge in [0, 0.05) is 5.69 Å². The molecule has 2 N–H and O–H groups in total. The minimum atomic E-state index is -0.670. The SMILES string of the molecule is COC(=O)Cc1nnn(CC(=O)NC(=O)Nc2ccccc2)n1. The Morgan fingerprint density at radius 3 is 2.65 bits per heavy atom. The lowest BCUT2D eigenvalue weighted by atomic mass is 10.3. The number of carbonyl (C=O) groups excluding carboxylic acids is 3. The fourth-order valence-electron chi connectivity index (χ4n) is 1.59. The molecule has 10 nitrogen and oxygen atoms in total. The highest BCUT2D eigenvalue weighted by Crippen LogP contribution is 2.04. The van der Waals surface area contributed by atoms with Crippen LogP contribution in [0.25, 0.3) is 0 Å². The van der Waals surface area contributed by atoms with Gasteiger partial charge in [0.2, 0.25) is 0 Å². The molecule has 0 bridgehead atoms. The summed E-state index contributed by atoms with van der Waals surface area (Å²) < 4.78 is 4.47. The van der Waals surface area contributed by atoms with E-state index in [1.807, 2.05) is 0 Å². The maximum atomic E-state index is 11.7. The lowest BCUT2D eigenvalue weighted by Gasteiger charge is -2.05. The van der Waals surface area contributed by atoms with E-state index in [9.17, 15) is 14.4 Å². The second-order valence-electron chi connectivity index (χ2n) is 4.36. The highest BCUT2D eigenvalue weighted by atomic mass is 16.5. The first kappa shape index (κ1) is 16.1. The molecular weight excluding hydrogens is 304 g/mol. The Labute approximate surface area is 130 Å². The fraction of sp³-hybridized carbons (Fsp3) is 0.231. The van der Waals surface area contributed by atoms with Crippen molar-refractivity contribution in [3.8, 4) is 0 Å². The third kappa shape index (κ3) is 5.19. The smallest absolute Gasteiger partial charge is 0.325 e. The van der Waals surface area contributed by atoms with Crippen LogP contribution < -0.4 is 10.6 Å². The van der Waals surface area contributed by atoms with Crippen LogP contribution in [0.1, 0.15) is 5.82 Å². The van der Waals surface area contributed by atoms with Gasteiger partial charge in [-0.1, -0.05) is 18.2 Å². The Morgan fingerprint density at radius 1 is 1.22 bits per heavy atom. The third-order valence-corrected chi connectivity index (χ3v) is 2.59. The van der Waals surface area contributed by atoms with Gasteiger partial charge in [0.1, 0.15) is 13.0 Å². The number of urea groups is 1. The second-order valence-corrected chi connectivity index (χ2v) is 4.36. The van der Waals surface area contributed by atoms with Crippen molar-refractivity contribution in [2.75, 3.05) is 12.4 Å². The summed E-state index contributed by atoms with van der Waals surface area (Å²) in [6.45, 7) is -0.309. The predicted octanol–water partition coefficient (Wildman–Crippen LogP) is -0.263. The number of tetrazole rings is 1. The number of hydrogen-bond acceptors (Lipinski definition) is 7. The van der Waals surface area contributed by atoms with Gasteiger partial charge in [0.05, 0.1) is 7.11 Å². The van der Waals surface area contributed by atoms with E-state index in [-0.39, 0.29) is 18.8 Å². The summed E-state index contributed by atoms with van der Waals surface area (Å²) in [5.41, 5.74) is 0.553. The Hall–Kier alpha value is -3.30. The van der Waals surface area contributed by atoms with Gasteiger partial charge in [0.25, 0.3) is 5.91 Å². The first-order valence-electron chi connectivity index (χ1n) is 6.56. The van der Waals surface area contributed by atoms with Crippen molar-refractivity contribution in [2.45, 2.75) is 13.0 Å². The Morgan fingerprint density at radius 2 is 1.96 bits per heavy atom. The standard InChI is InChI=1S/C13H14N6O4/c1-23-12(21)7-10-16-18-19(17-10)8-11(20)15-13(22)14-9-5-3-2-4-6-9/h2-6H,7-8H2,1H3,(H2,14,15,20,22). The zero-order chi connectivity index (χ0) is 16.7. The minimum absolute atomic E-state index is 0.124. The van der Waals surface area contributed by atoms with E-state index < -0.39 is 17.9 Å². The number of ether oxygens (including phenoxy) is 1. The number of amides is 3. The number of methoxy groups -OCH3 is 1. The Kier molecular flexibility index (Phi) is 5.34. The highest BCUT2D eigenvalue weighted by molar-refractivity contribution is 6.00. The molecular formula is C13H14N6O4. The lowest BCUT2D eigenvalue weighted by molar-refractivity contribution is -0.139. The van der Waals surface area contributed by atoms with Gasteiger partial charge in [-0.25, -0.2) is 4.79 Å². The molecule has 0 spiro atoms. The summed E-state index contributed by atoms with van der Waals surface area (Å²) in [6.07, 6.45) is -0.146. The van der Waals surface area contributed by atoms with Crippen molar-refractivity contribution in [1.82, 2.24) is 25.5 Å². The van der Waals surface area contributed by atoms with E-state index in [1.54, 1.807) is 30.3 Å². The predicted molar refractivity (Wildman–Crippen MR) is 77.1 cm³/mol. The fourth-order valence-corrected chi connectivity index (χ4v) is 1.59. The van der Waals surface area contributed by atoms with Gasteiger partial charge >= 0.3 is 12.0 Å². The molecule has 0 unspecified atom stereocenters. The number of imide groups is 1. The highest BCUT2D eigenvalue weighted by Gasteiger charge is 2.13. The van der Waals surface area contributed by atoms with Gasteiger partial charge < -0.3 is 10.1 Å². The molecule has 0 fully saturated rings. The molecule has 10 heteroatoms. The summed E-state index contributed by atoms with van der Waals surface area (Å²) in [5, 5.41) is 15.7. The van der Waals surface area contributed by atoms with E-state index in [0.717, 1.165) is 4.80 Å². The van der Waals surface area contributed by atoms with Gasteiger partial charge in [0.15, 0.2) is 5.82 Å². The molecule has 1 heterocycles. The van der Waals surface area contributed by atoms with Crippen molar-refractivity contribution < 1.29 is 19.1 Å². The van der Waals surface area contributed by atoms with Crippen LogP contribution in [0.5, 0.6) is 0 Å². The van der Waals surface area contributed by atoms with Crippen LogP contribution in [0.15, 0.2) is 30.3 Å². The molecule has 2 aromatic rings. The van der Waals surface area contributed by atoms with Gasteiger partial charge in [-0.3, -0.25) is 14.9 Å². The minimum Gasteiger partial charge on any atom is -0.469 e. The van der Waals surface area contributed by atoms with E-state index in [2.05, 4.69) is 30.8 Å².